The van der Waals surface area contributed by atoms with E-state index in [9.17, 15) is 26.7 Å². The highest BCUT2D eigenvalue weighted by atomic mass is 32.1. The van der Waals surface area contributed by atoms with Gasteiger partial charge in [0.05, 0.1) is 6.42 Å². The number of hydrogen-bond donors (Lipinski definition) is 1. The van der Waals surface area contributed by atoms with Crippen molar-refractivity contribution >= 4 is 22.4 Å². The average Bonchev–Trinajstić information content (AvgIpc) is 2.93. The predicted octanol–water partition coefficient (Wildman–Crippen LogP) is 3.61. The molecular weight excluding hydrogens is 353 g/mol. The van der Waals surface area contributed by atoms with Crippen LogP contribution in [0.2, 0.25) is 0 Å². The number of anilines is 1. The first-order chi connectivity index (χ1) is 11.2. The maximum absolute atomic E-state index is 13.5. The average molecular weight is 365 g/mol. The summed E-state index contributed by atoms with van der Waals surface area (Å²) in [7, 11) is 0. The molecular formula is C14H12F5N3OS. The Bertz CT molecular complexity index is 749. The molecule has 0 aliphatic carbocycles. The van der Waals surface area contributed by atoms with E-state index < -0.39 is 47.0 Å². The molecule has 0 aliphatic heterocycles. The second kappa shape index (κ2) is 7.20. The highest BCUT2D eigenvalue weighted by Crippen LogP contribution is 2.24. The molecule has 0 fully saturated rings. The third-order valence-corrected chi connectivity index (χ3v) is 3.80. The highest BCUT2D eigenvalue weighted by molar-refractivity contribution is 7.15. The molecule has 130 valence electrons. The standard InChI is InChI=1S/C14H12F5N3OS/c1-5(2)3-8-21-22-14(24-8)20-7(23)4-6-9(15)11(17)13(19)12(18)10(6)16/h5H,3-4H2,1-2H3,(H,20,22,23). The summed E-state index contributed by atoms with van der Waals surface area (Å²) < 4.78 is 66.2. The van der Waals surface area contributed by atoms with Crippen molar-refractivity contribution in [3.05, 3.63) is 39.7 Å². The summed E-state index contributed by atoms with van der Waals surface area (Å²) in [6, 6.07) is 0. The van der Waals surface area contributed by atoms with Crippen LogP contribution >= 0.6 is 11.3 Å². The lowest BCUT2D eigenvalue weighted by Gasteiger charge is -2.07. The van der Waals surface area contributed by atoms with Gasteiger partial charge in [0.2, 0.25) is 16.9 Å². The van der Waals surface area contributed by atoms with Gasteiger partial charge in [-0.1, -0.05) is 25.2 Å². The Hall–Kier alpha value is -2.10. The fourth-order valence-electron chi connectivity index (χ4n) is 1.87. The Morgan fingerprint density at radius 1 is 1.00 bits per heavy atom. The van der Waals surface area contributed by atoms with Gasteiger partial charge in [-0.05, 0) is 5.92 Å². The predicted molar refractivity (Wildman–Crippen MR) is 77.0 cm³/mol. The van der Waals surface area contributed by atoms with Gasteiger partial charge < -0.3 is 5.32 Å². The summed E-state index contributed by atoms with van der Waals surface area (Å²) >= 11 is 1.07. The topological polar surface area (TPSA) is 54.9 Å². The maximum Gasteiger partial charge on any atom is 0.230 e. The first-order valence-corrected chi connectivity index (χ1v) is 7.64. The van der Waals surface area contributed by atoms with Gasteiger partial charge in [-0.15, -0.1) is 10.2 Å². The molecule has 0 unspecified atom stereocenters. The van der Waals surface area contributed by atoms with Crippen molar-refractivity contribution < 1.29 is 26.7 Å². The maximum atomic E-state index is 13.5. The summed E-state index contributed by atoms with van der Waals surface area (Å²) in [4.78, 5) is 11.8. The van der Waals surface area contributed by atoms with Crippen molar-refractivity contribution in [2.24, 2.45) is 5.92 Å². The zero-order valence-corrected chi connectivity index (χ0v) is 13.4. The number of nitrogens with one attached hydrogen (secondary N) is 1. The number of hydrogen-bond acceptors (Lipinski definition) is 4. The van der Waals surface area contributed by atoms with E-state index >= 15 is 0 Å². The van der Waals surface area contributed by atoms with Gasteiger partial charge in [-0.3, -0.25) is 4.79 Å². The molecule has 0 spiro atoms. The second-order valence-electron chi connectivity index (χ2n) is 5.37. The van der Waals surface area contributed by atoms with E-state index in [4.69, 9.17) is 0 Å². The quantitative estimate of drug-likeness (QED) is 0.500. The van der Waals surface area contributed by atoms with Crippen molar-refractivity contribution in [1.82, 2.24) is 10.2 Å². The Morgan fingerprint density at radius 2 is 1.54 bits per heavy atom. The van der Waals surface area contributed by atoms with Crippen molar-refractivity contribution in [3.8, 4) is 0 Å². The van der Waals surface area contributed by atoms with Crippen LogP contribution in [0.4, 0.5) is 27.1 Å². The Balaban J connectivity index is 2.15. The van der Waals surface area contributed by atoms with Gasteiger partial charge >= 0.3 is 0 Å². The number of aromatic nitrogens is 2. The summed E-state index contributed by atoms with van der Waals surface area (Å²) in [5, 5.41) is 10.5. The lowest BCUT2D eigenvalue weighted by molar-refractivity contribution is -0.115. The van der Waals surface area contributed by atoms with Crippen molar-refractivity contribution in [3.63, 3.8) is 0 Å². The van der Waals surface area contributed by atoms with Gasteiger partial charge in [-0.2, -0.15) is 0 Å². The van der Waals surface area contributed by atoms with Crippen LogP contribution in [-0.2, 0) is 17.6 Å². The number of amides is 1. The Morgan fingerprint density at radius 3 is 2.08 bits per heavy atom. The number of carbonyl (C=O) groups is 1. The van der Waals surface area contributed by atoms with Crippen molar-refractivity contribution in [2.45, 2.75) is 26.7 Å². The zero-order valence-electron chi connectivity index (χ0n) is 12.6. The van der Waals surface area contributed by atoms with Gasteiger partial charge in [-0.25, -0.2) is 22.0 Å². The van der Waals surface area contributed by atoms with E-state index in [1.807, 2.05) is 13.8 Å². The number of nitrogens with zero attached hydrogens (tertiary/aromatic N) is 2. The number of rotatable bonds is 5. The molecule has 24 heavy (non-hydrogen) atoms. The van der Waals surface area contributed by atoms with Crippen LogP contribution < -0.4 is 5.32 Å². The molecule has 0 bridgehead atoms. The molecule has 0 saturated carbocycles. The first kappa shape index (κ1) is 18.2. The molecule has 1 aromatic carbocycles. The summed E-state index contributed by atoms with van der Waals surface area (Å²) in [6.45, 7) is 3.92. The minimum absolute atomic E-state index is 0.0829. The Labute approximate surface area is 137 Å². The van der Waals surface area contributed by atoms with E-state index in [2.05, 4.69) is 15.5 Å². The molecule has 0 atom stereocenters. The van der Waals surface area contributed by atoms with Crippen LogP contribution in [0, 0.1) is 35.0 Å². The zero-order chi connectivity index (χ0) is 18.0. The fourth-order valence-corrected chi connectivity index (χ4v) is 2.83. The normalized spacial score (nSPS) is 11.2. The number of halogens is 5. The van der Waals surface area contributed by atoms with E-state index in [-0.39, 0.29) is 5.13 Å². The molecule has 1 amide bonds. The van der Waals surface area contributed by atoms with Gasteiger partial charge in [0.25, 0.3) is 0 Å². The molecule has 4 nitrogen and oxygen atoms in total. The van der Waals surface area contributed by atoms with Gasteiger partial charge in [0.15, 0.2) is 23.3 Å². The van der Waals surface area contributed by atoms with E-state index in [1.54, 1.807) is 0 Å². The van der Waals surface area contributed by atoms with E-state index in [0.29, 0.717) is 17.3 Å². The van der Waals surface area contributed by atoms with Crippen LogP contribution in [0.3, 0.4) is 0 Å². The molecule has 2 aromatic rings. The van der Waals surface area contributed by atoms with Crippen LogP contribution in [-0.4, -0.2) is 16.1 Å². The first-order valence-electron chi connectivity index (χ1n) is 6.83. The molecule has 2 rings (SSSR count). The molecule has 0 saturated heterocycles. The largest absolute Gasteiger partial charge is 0.300 e. The number of carbonyl (C=O) groups excluding carboxylic acids is 1. The van der Waals surface area contributed by atoms with Crippen LogP contribution in [0.5, 0.6) is 0 Å². The lowest BCUT2D eigenvalue weighted by Crippen LogP contribution is -2.18. The lowest BCUT2D eigenvalue weighted by atomic mass is 10.1. The SMILES string of the molecule is CC(C)Cc1nnc(NC(=O)Cc2c(F)c(F)c(F)c(F)c2F)s1. The van der Waals surface area contributed by atoms with Crippen LogP contribution in [0.15, 0.2) is 0 Å². The highest BCUT2D eigenvalue weighted by Gasteiger charge is 2.27. The molecule has 1 aromatic heterocycles. The minimum atomic E-state index is -2.27. The van der Waals surface area contributed by atoms with Crippen molar-refractivity contribution in [2.75, 3.05) is 5.32 Å². The third kappa shape index (κ3) is 3.86. The summed E-state index contributed by atoms with van der Waals surface area (Å²) in [5.74, 6) is -11.2. The summed E-state index contributed by atoms with van der Waals surface area (Å²) in [5.41, 5.74) is -1.20. The second-order valence-corrected chi connectivity index (χ2v) is 6.43. The monoisotopic (exact) mass is 365 g/mol. The summed E-state index contributed by atoms with van der Waals surface area (Å²) in [6.07, 6.45) is -0.393. The van der Waals surface area contributed by atoms with E-state index in [1.165, 1.54) is 0 Å². The molecule has 0 aliphatic rings. The molecule has 1 heterocycles. The van der Waals surface area contributed by atoms with Crippen molar-refractivity contribution in [1.29, 1.82) is 0 Å². The van der Waals surface area contributed by atoms with E-state index in [0.717, 1.165) is 11.3 Å². The molecule has 1 N–H and O–H groups in total. The minimum Gasteiger partial charge on any atom is -0.300 e. The smallest absolute Gasteiger partial charge is 0.230 e. The fraction of sp³-hybridized carbons (Fsp3) is 0.357. The van der Waals surface area contributed by atoms with Gasteiger partial charge in [0.1, 0.15) is 5.01 Å². The van der Waals surface area contributed by atoms with Gasteiger partial charge in [0, 0.05) is 12.0 Å². The van der Waals surface area contributed by atoms with Crippen LogP contribution in [0.25, 0.3) is 0 Å². The Kier molecular flexibility index (Phi) is 5.47. The number of benzene rings is 1. The van der Waals surface area contributed by atoms with Crippen LogP contribution in [0.1, 0.15) is 24.4 Å². The molecule has 10 heteroatoms. The third-order valence-electron chi connectivity index (χ3n) is 2.93. The molecule has 0 radical (unpaired) electrons.